The lowest BCUT2D eigenvalue weighted by molar-refractivity contribution is -0.134. The van der Waals surface area contributed by atoms with E-state index in [1.54, 1.807) is 13.2 Å². The molecular formula is C41H47ClN10O5. The molecule has 0 spiro atoms. The molecule has 3 saturated heterocycles. The number of piperazine rings is 1. The lowest BCUT2D eigenvalue weighted by Crippen LogP contribution is -2.51. The van der Waals surface area contributed by atoms with E-state index in [4.69, 9.17) is 16.3 Å². The Hall–Kier alpha value is -5.93. The van der Waals surface area contributed by atoms with E-state index in [2.05, 4.69) is 58.5 Å². The summed E-state index contributed by atoms with van der Waals surface area (Å²) in [5, 5.41) is 15.1. The van der Waals surface area contributed by atoms with Gasteiger partial charge in [0.2, 0.25) is 29.6 Å². The molecule has 7 rings (SSSR count). The van der Waals surface area contributed by atoms with Crippen LogP contribution in [-0.2, 0) is 19.2 Å². The van der Waals surface area contributed by atoms with Crippen LogP contribution >= 0.6 is 11.6 Å². The molecule has 4 aromatic rings. The third-order valence-electron chi connectivity index (χ3n) is 10.6. The molecule has 0 saturated carbocycles. The zero-order valence-corrected chi connectivity index (χ0v) is 32.8. The Balaban J connectivity index is 0.875. The van der Waals surface area contributed by atoms with Crippen molar-refractivity contribution in [1.82, 2.24) is 25.1 Å². The van der Waals surface area contributed by atoms with Gasteiger partial charge in [-0.1, -0.05) is 35.9 Å². The molecule has 5 N–H and O–H groups in total. The van der Waals surface area contributed by atoms with Crippen LogP contribution in [0.15, 0.2) is 72.9 Å². The minimum Gasteiger partial charge on any atom is -0.494 e. The number of ether oxygens (including phenoxy) is 1. The minimum atomic E-state index is -0.401. The van der Waals surface area contributed by atoms with Gasteiger partial charge in [0.25, 0.3) is 0 Å². The Morgan fingerprint density at radius 1 is 0.895 bits per heavy atom. The molecule has 3 aromatic carbocycles. The first-order chi connectivity index (χ1) is 27.6. The number of carbonyl (C=O) groups is 4. The van der Waals surface area contributed by atoms with Gasteiger partial charge in [0.1, 0.15) is 16.8 Å². The molecule has 1 aromatic heterocycles. The lowest BCUT2D eigenvalue weighted by atomic mass is 9.89. The zero-order chi connectivity index (χ0) is 39.9. The molecule has 0 aliphatic carbocycles. The highest BCUT2D eigenvalue weighted by molar-refractivity contribution is 6.33. The highest BCUT2D eigenvalue weighted by Gasteiger charge is 2.28. The Morgan fingerprint density at radius 2 is 1.63 bits per heavy atom. The van der Waals surface area contributed by atoms with Crippen LogP contribution in [0.5, 0.6) is 5.75 Å². The standard InChI is InChI=1S/C41H47ClN10O5/c1-26(53)44-32-5-3-4-6-33(32)46-39-31(42)24-43-41(49-39)47-34-12-11-30(23-36(34)57-2)51-19-21-52(22-20-51)38(55)25-50-17-15-28(16-18-50)27-7-9-29(10-8-27)45-35-13-14-37(54)48-40(35)56/h3-12,23-24,28,35,45H,13-22,25H2,1-2H3,(H,44,53)(H,48,54,56)(H2,43,46,47,49). The summed E-state index contributed by atoms with van der Waals surface area (Å²) in [5.41, 5.74) is 5.00. The summed E-state index contributed by atoms with van der Waals surface area (Å²) in [6.07, 6.45) is 4.28. The molecule has 57 heavy (non-hydrogen) atoms. The molecule has 4 heterocycles. The number of piperidine rings is 2. The van der Waals surface area contributed by atoms with Crippen molar-refractivity contribution in [1.29, 1.82) is 0 Å². The zero-order valence-electron chi connectivity index (χ0n) is 32.0. The van der Waals surface area contributed by atoms with Crippen LogP contribution in [0.3, 0.4) is 0 Å². The number of methoxy groups -OCH3 is 1. The number of nitrogens with zero attached hydrogens (tertiary/aromatic N) is 5. The number of likely N-dealkylation sites (tertiary alicyclic amines) is 1. The number of carbonyl (C=O) groups excluding carboxylic acids is 4. The first-order valence-corrected chi connectivity index (χ1v) is 19.6. The molecule has 1 unspecified atom stereocenters. The van der Waals surface area contributed by atoms with Gasteiger partial charge in [-0.3, -0.25) is 29.4 Å². The van der Waals surface area contributed by atoms with Crippen molar-refractivity contribution in [3.05, 3.63) is 83.5 Å². The maximum Gasteiger partial charge on any atom is 0.249 e. The average molecular weight is 795 g/mol. The van der Waals surface area contributed by atoms with E-state index in [1.807, 2.05) is 53.4 Å². The average Bonchev–Trinajstić information content (AvgIpc) is 3.21. The van der Waals surface area contributed by atoms with E-state index in [0.29, 0.717) is 91.1 Å². The molecule has 15 nitrogen and oxygen atoms in total. The summed E-state index contributed by atoms with van der Waals surface area (Å²) in [5.74, 6) is 1.16. The summed E-state index contributed by atoms with van der Waals surface area (Å²) in [4.78, 5) is 64.0. The third kappa shape index (κ3) is 9.91. The van der Waals surface area contributed by atoms with Gasteiger partial charge in [0.05, 0.1) is 36.9 Å². The van der Waals surface area contributed by atoms with Crippen molar-refractivity contribution in [2.75, 3.05) is 79.1 Å². The normalized spacial score (nSPS) is 17.8. The first kappa shape index (κ1) is 39.3. The summed E-state index contributed by atoms with van der Waals surface area (Å²) in [6, 6.07) is 21.0. The van der Waals surface area contributed by atoms with Crippen molar-refractivity contribution in [3.63, 3.8) is 0 Å². The maximum absolute atomic E-state index is 13.4. The largest absolute Gasteiger partial charge is 0.494 e. The monoisotopic (exact) mass is 794 g/mol. The van der Waals surface area contributed by atoms with E-state index in [1.165, 1.54) is 18.7 Å². The van der Waals surface area contributed by atoms with Gasteiger partial charge in [0.15, 0.2) is 5.82 Å². The number of rotatable bonds is 12. The minimum absolute atomic E-state index is 0.157. The number of hydrogen-bond donors (Lipinski definition) is 5. The van der Waals surface area contributed by atoms with Gasteiger partial charge in [-0.05, 0) is 80.2 Å². The second kappa shape index (κ2) is 17.9. The van der Waals surface area contributed by atoms with Crippen LogP contribution in [0.25, 0.3) is 0 Å². The van der Waals surface area contributed by atoms with Gasteiger partial charge >= 0.3 is 0 Å². The molecule has 0 radical (unpaired) electrons. The van der Waals surface area contributed by atoms with Crippen molar-refractivity contribution in [2.24, 2.45) is 0 Å². The number of nitrogens with one attached hydrogen (secondary N) is 5. The molecule has 1 atom stereocenters. The van der Waals surface area contributed by atoms with E-state index >= 15 is 0 Å². The topological polar surface area (TPSA) is 173 Å². The summed E-state index contributed by atoms with van der Waals surface area (Å²) in [7, 11) is 1.61. The van der Waals surface area contributed by atoms with Crippen LogP contribution in [0, 0.1) is 0 Å². The van der Waals surface area contributed by atoms with Crippen LogP contribution in [0.1, 0.15) is 44.1 Å². The summed E-state index contributed by atoms with van der Waals surface area (Å²) < 4.78 is 5.75. The number of aromatic nitrogens is 2. The Kier molecular flexibility index (Phi) is 12.3. The predicted molar refractivity (Wildman–Crippen MR) is 221 cm³/mol. The van der Waals surface area contributed by atoms with Crippen LogP contribution in [0.4, 0.5) is 40.2 Å². The lowest BCUT2D eigenvalue weighted by Gasteiger charge is -2.38. The highest BCUT2D eigenvalue weighted by Crippen LogP contribution is 2.34. The molecule has 4 amide bonds. The van der Waals surface area contributed by atoms with Crippen molar-refractivity contribution in [2.45, 2.75) is 44.6 Å². The second-order valence-electron chi connectivity index (χ2n) is 14.4. The molecule has 0 bridgehead atoms. The smallest absolute Gasteiger partial charge is 0.249 e. The second-order valence-corrected chi connectivity index (χ2v) is 14.8. The summed E-state index contributed by atoms with van der Waals surface area (Å²) in [6.45, 7) is 6.26. The first-order valence-electron chi connectivity index (χ1n) is 19.2. The fourth-order valence-electron chi connectivity index (χ4n) is 7.45. The highest BCUT2D eigenvalue weighted by atomic mass is 35.5. The molecular weight excluding hydrogens is 748 g/mol. The van der Waals surface area contributed by atoms with Crippen LogP contribution in [0.2, 0.25) is 5.02 Å². The van der Waals surface area contributed by atoms with Crippen LogP contribution < -0.4 is 36.2 Å². The van der Waals surface area contributed by atoms with Gasteiger partial charge in [0, 0.05) is 57.0 Å². The molecule has 16 heteroatoms. The fourth-order valence-corrected chi connectivity index (χ4v) is 7.59. The Morgan fingerprint density at radius 3 is 2.33 bits per heavy atom. The molecule has 3 fully saturated rings. The van der Waals surface area contributed by atoms with Crippen LogP contribution in [-0.4, -0.2) is 102 Å². The SMILES string of the molecule is COc1cc(N2CCN(C(=O)CN3CCC(c4ccc(NC5CCC(=O)NC5=O)cc4)CC3)CC2)ccc1Nc1ncc(Cl)c(Nc2ccccc2NC(C)=O)n1. The third-order valence-corrected chi connectivity index (χ3v) is 10.8. The number of benzene rings is 3. The predicted octanol–water partition coefficient (Wildman–Crippen LogP) is 5.33. The number of hydrogen-bond acceptors (Lipinski definition) is 12. The van der Waals surface area contributed by atoms with E-state index in [0.717, 1.165) is 37.3 Å². The molecule has 3 aliphatic heterocycles. The van der Waals surface area contributed by atoms with E-state index in [9.17, 15) is 19.2 Å². The molecule has 298 valence electrons. The number of imide groups is 1. The van der Waals surface area contributed by atoms with Gasteiger partial charge in [-0.25, -0.2) is 4.98 Å². The van der Waals surface area contributed by atoms with Gasteiger partial charge < -0.3 is 35.8 Å². The number of para-hydroxylation sites is 2. The van der Waals surface area contributed by atoms with Crippen molar-refractivity contribution in [3.8, 4) is 5.75 Å². The molecule has 3 aliphatic rings. The number of amides is 4. The Labute approximate surface area is 336 Å². The van der Waals surface area contributed by atoms with E-state index in [-0.39, 0.29) is 23.6 Å². The van der Waals surface area contributed by atoms with Crippen molar-refractivity contribution < 1.29 is 23.9 Å². The summed E-state index contributed by atoms with van der Waals surface area (Å²) >= 11 is 6.43. The van der Waals surface area contributed by atoms with Crippen molar-refractivity contribution >= 4 is 75.4 Å². The van der Waals surface area contributed by atoms with Gasteiger partial charge in [-0.15, -0.1) is 0 Å². The quantitative estimate of drug-likeness (QED) is 0.117. The number of halogens is 1. The Bertz CT molecular complexity index is 2100. The number of anilines is 7. The van der Waals surface area contributed by atoms with Gasteiger partial charge in [-0.2, -0.15) is 4.98 Å². The fraction of sp³-hybridized carbons (Fsp3) is 0.366. The van der Waals surface area contributed by atoms with E-state index < -0.39 is 6.04 Å². The maximum atomic E-state index is 13.4.